The van der Waals surface area contributed by atoms with E-state index in [0.717, 1.165) is 23.2 Å². The Balaban J connectivity index is 1.91. The fraction of sp³-hybridized carbons (Fsp3) is 0.222. The molecule has 0 saturated carbocycles. The molecule has 0 aliphatic carbocycles. The second kappa shape index (κ2) is 7.41. The first kappa shape index (κ1) is 15.8. The van der Waals surface area contributed by atoms with Crippen LogP contribution < -0.4 is 10.6 Å². The Bertz CT molecular complexity index is 680. The van der Waals surface area contributed by atoms with Crippen LogP contribution in [0, 0.1) is 6.92 Å². The highest BCUT2D eigenvalue weighted by molar-refractivity contribution is 5.99. The lowest BCUT2D eigenvalue weighted by atomic mass is 10.1. The van der Waals surface area contributed by atoms with Crippen LogP contribution in [0.4, 0.5) is 5.69 Å². The topological polar surface area (TPSA) is 58.2 Å². The fourth-order valence-corrected chi connectivity index (χ4v) is 2.19. The number of hydrogen-bond acceptors (Lipinski definition) is 2. The van der Waals surface area contributed by atoms with Crippen LogP contribution in [-0.2, 0) is 11.2 Å². The van der Waals surface area contributed by atoms with Gasteiger partial charge in [0.2, 0.25) is 5.91 Å². The summed E-state index contributed by atoms with van der Waals surface area (Å²) in [5, 5.41) is 5.46. The van der Waals surface area contributed by atoms with Crippen molar-refractivity contribution < 1.29 is 9.59 Å². The standard InChI is InChI=1S/C18H20N2O2/c1-3-14-8-4-5-10-16(14)20-17(21)12-19-18(22)15-9-6-7-13(2)11-15/h4-11H,3,12H2,1-2H3,(H,19,22)(H,20,21). The van der Waals surface area contributed by atoms with Crippen molar-refractivity contribution >= 4 is 17.5 Å². The maximum Gasteiger partial charge on any atom is 0.251 e. The van der Waals surface area contributed by atoms with E-state index in [2.05, 4.69) is 10.6 Å². The number of para-hydroxylation sites is 1. The summed E-state index contributed by atoms with van der Waals surface area (Å²) in [5.74, 6) is -0.482. The van der Waals surface area contributed by atoms with Gasteiger partial charge in [0.25, 0.3) is 5.91 Å². The average Bonchev–Trinajstić information content (AvgIpc) is 2.53. The van der Waals surface area contributed by atoms with Gasteiger partial charge >= 0.3 is 0 Å². The van der Waals surface area contributed by atoms with Crippen molar-refractivity contribution in [3.63, 3.8) is 0 Å². The lowest BCUT2D eigenvalue weighted by Crippen LogP contribution is -2.33. The molecule has 2 aromatic rings. The van der Waals surface area contributed by atoms with Crippen LogP contribution >= 0.6 is 0 Å². The minimum atomic E-state index is -0.248. The Morgan fingerprint density at radius 1 is 1.05 bits per heavy atom. The Morgan fingerprint density at radius 2 is 1.82 bits per heavy atom. The fourth-order valence-electron chi connectivity index (χ4n) is 2.19. The van der Waals surface area contributed by atoms with E-state index < -0.39 is 0 Å². The molecule has 0 fully saturated rings. The predicted octanol–water partition coefficient (Wildman–Crippen LogP) is 2.93. The minimum Gasteiger partial charge on any atom is -0.343 e. The van der Waals surface area contributed by atoms with Gasteiger partial charge in [-0.25, -0.2) is 0 Å². The third kappa shape index (κ3) is 4.19. The summed E-state index contributed by atoms with van der Waals surface area (Å²) in [6.07, 6.45) is 0.839. The van der Waals surface area contributed by atoms with E-state index >= 15 is 0 Å². The van der Waals surface area contributed by atoms with Crippen LogP contribution in [0.3, 0.4) is 0 Å². The second-order valence-electron chi connectivity index (χ2n) is 5.11. The summed E-state index contributed by atoms with van der Waals surface area (Å²) >= 11 is 0. The molecule has 0 bridgehead atoms. The quantitative estimate of drug-likeness (QED) is 0.891. The van der Waals surface area contributed by atoms with E-state index in [4.69, 9.17) is 0 Å². The Morgan fingerprint density at radius 3 is 2.55 bits per heavy atom. The molecule has 0 heterocycles. The van der Waals surface area contributed by atoms with E-state index in [1.165, 1.54) is 0 Å². The molecule has 2 rings (SSSR count). The summed E-state index contributed by atoms with van der Waals surface area (Å²) < 4.78 is 0. The van der Waals surface area contributed by atoms with E-state index in [1.54, 1.807) is 12.1 Å². The second-order valence-corrected chi connectivity index (χ2v) is 5.11. The van der Waals surface area contributed by atoms with Gasteiger partial charge in [0.15, 0.2) is 0 Å². The highest BCUT2D eigenvalue weighted by Crippen LogP contribution is 2.15. The molecule has 0 spiro atoms. The Hall–Kier alpha value is -2.62. The third-order valence-corrected chi connectivity index (χ3v) is 3.36. The normalized spacial score (nSPS) is 10.1. The van der Waals surface area contributed by atoms with Gasteiger partial charge in [0, 0.05) is 11.3 Å². The van der Waals surface area contributed by atoms with Crippen LogP contribution in [0.5, 0.6) is 0 Å². The average molecular weight is 296 g/mol. The van der Waals surface area contributed by atoms with Crippen molar-refractivity contribution in [3.8, 4) is 0 Å². The molecule has 0 aliphatic heterocycles. The molecule has 2 amide bonds. The first-order valence-corrected chi connectivity index (χ1v) is 7.32. The Kier molecular flexibility index (Phi) is 5.31. The smallest absolute Gasteiger partial charge is 0.251 e. The molecular weight excluding hydrogens is 276 g/mol. The van der Waals surface area contributed by atoms with Crippen molar-refractivity contribution in [2.45, 2.75) is 20.3 Å². The maximum atomic E-state index is 12.0. The van der Waals surface area contributed by atoms with Crippen LogP contribution in [0.25, 0.3) is 0 Å². The van der Waals surface area contributed by atoms with Crippen molar-refractivity contribution in [2.24, 2.45) is 0 Å². The Labute approximate surface area is 130 Å². The number of hydrogen-bond donors (Lipinski definition) is 2. The number of aryl methyl sites for hydroxylation is 2. The van der Waals surface area contributed by atoms with Gasteiger partial charge in [-0.2, -0.15) is 0 Å². The molecule has 0 unspecified atom stereocenters. The molecular formula is C18H20N2O2. The molecule has 0 atom stereocenters. The molecule has 0 saturated heterocycles. The number of benzene rings is 2. The largest absolute Gasteiger partial charge is 0.343 e. The van der Waals surface area contributed by atoms with E-state index in [1.807, 2.05) is 50.2 Å². The van der Waals surface area contributed by atoms with Crippen LogP contribution in [-0.4, -0.2) is 18.4 Å². The number of rotatable bonds is 5. The SMILES string of the molecule is CCc1ccccc1NC(=O)CNC(=O)c1cccc(C)c1. The van der Waals surface area contributed by atoms with Gasteiger partial charge in [-0.1, -0.05) is 42.8 Å². The number of carbonyl (C=O) groups is 2. The molecule has 4 heteroatoms. The number of amides is 2. The predicted molar refractivity (Wildman–Crippen MR) is 88.0 cm³/mol. The van der Waals surface area contributed by atoms with E-state index in [9.17, 15) is 9.59 Å². The zero-order valence-corrected chi connectivity index (χ0v) is 12.8. The molecule has 0 aromatic heterocycles. The van der Waals surface area contributed by atoms with Crippen LogP contribution in [0.2, 0.25) is 0 Å². The summed E-state index contributed by atoms with van der Waals surface area (Å²) in [7, 11) is 0. The first-order valence-electron chi connectivity index (χ1n) is 7.32. The molecule has 2 N–H and O–H groups in total. The van der Waals surface area contributed by atoms with Gasteiger partial charge in [0.1, 0.15) is 0 Å². The number of anilines is 1. The maximum absolute atomic E-state index is 12.0. The molecule has 0 radical (unpaired) electrons. The van der Waals surface area contributed by atoms with E-state index in [0.29, 0.717) is 5.56 Å². The summed E-state index contributed by atoms with van der Waals surface area (Å²) in [6.45, 7) is 3.90. The highest BCUT2D eigenvalue weighted by Gasteiger charge is 2.09. The summed E-state index contributed by atoms with van der Waals surface area (Å²) in [6, 6.07) is 14.9. The van der Waals surface area contributed by atoms with Crippen LogP contribution in [0.1, 0.15) is 28.4 Å². The molecule has 0 aliphatic rings. The number of carbonyl (C=O) groups excluding carboxylic acids is 2. The zero-order valence-electron chi connectivity index (χ0n) is 12.8. The van der Waals surface area contributed by atoms with Crippen molar-refractivity contribution in [3.05, 3.63) is 65.2 Å². The molecule has 4 nitrogen and oxygen atoms in total. The molecule has 22 heavy (non-hydrogen) atoms. The van der Waals surface area contributed by atoms with Crippen molar-refractivity contribution in [2.75, 3.05) is 11.9 Å². The summed E-state index contributed by atoms with van der Waals surface area (Å²) in [5.41, 5.74) is 3.43. The monoisotopic (exact) mass is 296 g/mol. The van der Waals surface area contributed by atoms with Gasteiger partial charge in [-0.15, -0.1) is 0 Å². The lowest BCUT2D eigenvalue weighted by molar-refractivity contribution is -0.115. The zero-order chi connectivity index (χ0) is 15.9. The van der Waals surface area contributed by atoms with Crippen molar-refractivity contribution in [1.82, 2.24) is 5.32 Å². The number of nitrogens with one attached hydrogen (secondary N) is 2. The van der Waals surface area contributed by atoms with Gasteiger partial charge < -0.3 is 10.6 Å². The summed E-state index contributed by atoms with van der Waals surface area (Å²) in [4.78, 5) is 23.9. The van der Waals surface area contributed by atoms with Gasteiger partial charge in [-0.3, -0.25) is 9.59 Å². The molecule has 2 aromatic carbocycles. The van der Waals surface area contributed by atoms with Gasteiger partial charge in [-0.05, 0) is 37.1 Å². The van der Waals surface area contributed by atoms with Crippen molar-refractivity contribution in [1.29, 1.82) is 0 Å². The lowest BCUT2D eigenvalue weighted by Gasteiger charge is -2.10. The minimum absolute atomic E-state index is 0.0508. The highest BCUT2D eigenvalue weighted by atomic mass is 16.2. The van der Waals surface area contributed by atoms with Gasteiger partial charge in [0.05, 0.1) is 6.54 Å². The first-order chi connectivity index (χ1) is 10.6. The molecule has 114 valence electrons. The van der Waals surface area contributed by atoms with Crippen LogP contribution in [0.15, 0.2) is 48.5 Å². The third-order valence-electron chi connectivity index (χ3n) is 3.36. The van der Waals surface area contributed by atoms with E-state index in [-0.39, 0.29) is 18.4 Å².